The van der Waals surface area contributed by atoms with Gasteiger partial charge in [0.05, 0.1) is 0 Å². The summed E-state index contributed by atoms with van der Waals surface area (Å²) >= 11 is 3.57. The third kappa shape index (κ3) is 3.50. The number of aryl methyl sites for hydroxylation is 1. The number of carbonyl (C=O) groups excluding carboxylic acids is 1. The summed E-state index contributed by atoms with van der Waals surface area (Å²) < 4.78 is 6.83. The number of likely N-dealkylation sites (N-methyl/N-ethyl adjacent to an activating group) is 1. The first-order valence-corrected chi connectivity index (χ1v) is 7.91. The molecule has 0 fully saturated rings. The van der Waals surface area contributed by atoms with E-state index in [4.69, 9.17) is 4.74 Å². The van der Waals surface area contributed by atoms with Crippen LogP contribution in [0.3, 0.4) is 0 Å². The Hall–Kier alpha value is -1.81. The summed E-state index contributed by atoms with van der Waals surface area (Å²) in [6.45, 7) is 6.07. The van der Waals surface area contributed by atoms with E-state index >= 15 is 0 Å². The molecule has 2 aromatic carbocycles. The van der Waals surface area contributed by atoms with E-state index in [0.717, 1.165) is 32.6 Å². The van der Waals surface area contributed by atoms with Gasteiger partial charge >= 0.3 is 0 Å². The van der Waals surface area contributed by atoms with Gasteiger partial charge < -0.3 is 9.64 Å². The molecule has 3 nitrogen and oxygen atoms in total. The lowest BCUT2D eigenvalue weighted by Gasteiger charge is -2.19. The minimum atomic E-state index is -0.0798. The van der Waals surface area contributed by atoms with Crippen molar-refractivity contribution in [3.8, 4) is 5.75 Å². The van der Waals surface area contributed by atoms with Crippen LogP contribution in [0.5, 0.6) is 5.75 Å². The number of ether oxygens (including phenoxy) is 1. The Kier molecular flexibility index (Phi) is 5.24. The second kappa shape index (κ2) is 6.97. The maximum atomic E-state index is 12.3. The highest BCUT2D eigenvalue weighted by molar-refractivity contribution is 9.10. The van der Waals surface area contributed by atoms with Gasteiger partial charge in [0.25, 0.3) is 5.91 Å². The van der Waals surface area contributed by atoms with Crippen molar-refractivity contribution in [3.05, 3.63) is 57.6 Å². The molecule has 2 aromatic rings. The number of hydrogen-bond acceptors (Lipinski definition) is 2. The summed E-state index contributed by atoms with van der Waals surface area (Å²) in [7, 11) is 1.76. The van der Waals surface area contributed by atoms with Crippen LogP contribution >= 0.6 is 15.9 Å². The first kappa shape index (κ1) is 16.6. The summed E-state index contributed by atoms with van der Waals surface area (Å²) in [6, 6.07) is 11.5. The summed E-state index contributed by atoms with van der Waals surface area (Å²) in [5.74, 6) is 0.678. The fourth-order valence-corrected chi connectivity index (χ4v) is 2.61. The third-order valence-electron chi connectivity index (χ3n) is 3.82. The van der Waals surface area contributed by atoms with Crippen molar-refractivity contribution in [1.29, 1.82) is 0 Å². The molecular weight excluding hydrogens is 342 g/mol. The highest BCUT2D eigenvalue weighted by Crippen LogP contribution is 2.31. The quantitative estimate of drug-likeness (QED) is 0.806. The summed E-state index contributed by atoms with van der Waals surface area (Å²) in [5.41, 5.74) is 4.14. The van der Waals surface area contributed by atoms with Gasteiger partial charge in [-0.3, -0.25) is 4.79 Å². The predicted molar refractivity (Wildman–Crippen MR) is 93.7 cm³/mol. The number of amides is 1. The van der Waals surface area contributed by atoms with Crippen molar-refractivity contribution in [3.63, 3.8) is 0 Å². The fourth-order valence-electron chi connectivity index (χ4n) is 2.20. The number of halogens is 1. The van der Waals surface area contributed by atoms with Crippen LogP contribution in [0, 0.1) is 20.8 Å². The number of benzene rings is 2. The number of hydrogen-bond donors (Lipinski definition) is 0. The van der Waals surface area contributed by atoms with Crippen LogP contribution in [0.15, 0.2) is 40.9 Å². The molecule has 0 saturated heterocycles. The number of para-hydroxylation sites is 1. The number of rotatable bonds is 4. The van der Waals surface area contributed by atoms with E-state index < -0.39 is 0 Å². The normalized spacial score (nSPS) is 10.4. The second-order valence-corrected chi connectivity index (χ2v) is 6.13. The zero-order valence-corrected chi connectivity index (χ0v) is 14.9. The number of anilines is 1. The van der Waals surface area contributed by atoms with Crippen molar-refractivity contribution >= 4 is 27.5 Å². The van der Waals surface area contributed by atoms with E-state index in [1.54, 1.807) is 11.9 Å². The van der Waals surface area contributed by atoms with Gasteiger partial charge in [0, 0.05) is 17.2 Å². The van der Waals surface area contributed by atoms with Crippen LogP contribution in [-0.2, 0) is 4.79 Å². The predicted octanol–water partition coefficient (Wildman–Crippen LogP) is 4.42. The molecule has 0 aliphatic rings. The lowest BCUT2D eigenvalue weighted by Crippen LogP contribution is -2.31. The average molecular weight is 362 g/mol. The van der Waals surface area contributed by atoms with E-state index in [2.05, 4.69) is 15.9 Å². The Balaban J connectivity index is 2.09. The zero-order valence-electron chi connectivity index (χ0n) is 13.3. The molecule has 0 heterocycles. The Bertz CT molecular complexity index is 683. The minimum Gasteiger partial charge on any atom is -0.483 e. The average Bonchev–Trinajstić information content (AvgIpc) is 2.54. The molecule has 2 rings (SSSR count). The molecule has 0 spiro atoms. The Morgan fingerprint density at radius 1 is 1.14 bits per heavy atom. The Morgan fingerprint density at radius 2 is 1.77 bits per heavy atom. The van der Waals surface area contributed by atoms with Crippen LogP contribution in [0.4, 0.5) is 5.69 Å². The smallest absolute Gasteiger partial charge is 0.264 e. The van der Waals surface area contributed by atoms with Crippen LogP contribution in [-0.4, -0.2) is 19.6 Å². The van der Waals surface area contributed by atoms with Gasteiger partial charge in [-0.25, -0.2) is 0 Å². The van der Waals surface area contributed by atoms with Crippen molar-refractivity contribution in [2.24, 2.45) is 0 Å². The SMILES string of the molecule is Cc1cc(OCC(=O)N(C)c2ccccc2)c(C)c(C)c1Br. The molecule has 0 bridgehead atoms. The van der Waals surface area contributed by atoms with Crippen molar-refractivity contribution in [2.75, 3.05) is 18.6 Å². The maximum Gasteiger partial charge on any atom is 0.264 e. The summed E-state index contributed by atoms with van der Waals surface area (Å²) in [5, 5.41) is 0. The van der Waals surface area contributed by atoms with E-state index in [1.807, 2.05) is 57.2 Å². The Morgan fingerprint density at radius 3 is 2.41 bits per heavy atom. The summed E-state index contributed by atoms with van der Waals surface area (Å²) in [4.78, 5) is 13.9. The van der Waals surface area contributed by atoms with Crippen LogP contribution in [0.1, 0.15) is 16.7 Å². The molecule has 0 atom stereocenters. The molecule has 0 unspecified atom stereocenters. The van der Waals surface area contributed by atoms with Gasteiger partial charge in [-0.2, -0.15) is 0 Å². The molecule has 1 amide bonds. The molecule has 0 aliphatic carbocycles. The van der Waals surface area contributed by atoms with Crippen LogP contribution < -0.4 is 9.64 Å². The fraction of sp³-hybridized carbons (Fsp3) is 0.278. The molecular formula is C18H20BrNO2. The van der Waals surface area contributed by atoms with Crippen molar-refractivity contribution in [2.45, 2.75) is 20.8 Å². The second-order valence-electron chi connectivity index (χ2n) is 5.33. The van der Waals surface area contributed by atoms with Crippen molar-refractivity contribution < 1.29 is 9.53 Å². The maximum absolute atomic E-state index is 12.3. The lowest BCUT2D eigenvalue weighted by molar-refractivity contribution is -0.120. The summed E-state index contributed by atoms with van der Waals surface area (Å²) in [6.07, 6.45) is 0. The topological polar surface area (TPSA) is 29.5 Å². The number of carbonyl (C=O) groups is 1. The molecule has 22 heavy (non-hydrogen) atoms. The zero-order chi connectivity index (χ0) is 16.3. The van der Waals surface area contributed by atoms with Gasteiger partial charge in [0.1, 0.15) is 5.75 Å². The third-order valence-corrected chi connectivity index (χ3v) is 5.04. The molecule has 0 N–H and O–H groups in total. The van der Waals surface area contributed by atoms with Gasteiger partial charge in [-0.1, -0.05) is 34.1 Å². The van der Waals surface area contributed by atoms with Crippen molar-refractivity contribution in [1.82, 2.24) is 0 Å². The van der Waals surface area contributed by atoms with E-state index in [1.165, 1.54) is 0 Å². The minimum absolute atomic E-state index is 0.0206. The van der Waals surface area contributed by atoms with Crippen LogP contribution in [0.25, 0.3) is 0 Å². The highest BCUT2D eigenvalue weighted by Gasteiger charge is 2.14. The molecule has 116 valence electrons. The van der Waals surface area contributed by atoms with E-state index in [9.17, 15) is 4.79 Å². The first-order chi connectivity index (χ1) is 10.4. The molecule has 0 aromatic heterocycles. The Labute approximate surface area is 140 Å². The first-order valence-electron chi connectivity index (χ1n) is 7.12. The standard InChI is InChI=1S/C18H20BrNO2/c1-12-10-16(13(2)14(3)18(12)19)22-11-17(21)20(4)15-8-6-5-7-9-15/h5-10H,11H2,1-4H3. The number of nitrogens with zero attached hydrogens (tertiary/aromatic N) is 1. The lowest BCUT2D eigenvalue weighted by atomic mass is 10.1. The van der Waals surface area contributed by atoms with E-state index in [0.29, 0.717) is 0 Å². The van der Waals surface area contributed by atoms with Gasteiger partial charge in [-0.15, -0.1) is 0 Å². The van der Waals surface area contributed by atoms with Gasteiger partial charge in [0.15, 0.2) is 6.61 Å². The molecule has 0 saturated carbocycles. The monoisotopic (exact) mass is 361 g/mol. The van der Waals surface area contributed by atoms with Crippen LogP contribution in [0.2, 0.25) is 0 Å². The highest BCUT2D eigenvalue weighted by atomic mass is 79.9. The van der Waals surface area contributed by atoms with E-state index in [-0.39, 0.29) is 12.5 Å². The molecule has 4 heteroatoms. The molecule has 0 aliphatic heterocycles. The largest absolute Gasteiger partial charge is 0.483 e. The van der Waals surface area contributed by atoms with Gasteiger partial charge in [-0.05, 0) is 55.7 Å². The molecule has 0 radical (unpaired) electrons. The van der Waals surface area contributed by atoms with Gasteiger partial charge in [0.2, 0.25) is 0 Å².